The smallest absolute Gasteiger partial charge is 0.326 e. The van der Waals surface area contributed by atoms with Gasteiger partial charge in [0.05, 0.1) is 6.10 Å². The minimum atomic E-state index is -1.01. The van der Waals surface area contributed by atoms with E-state index in [0.717, 1.165) is 12.8 Å². The molecule has 0 saturated carbocycles. The second kappa shape index (κ2) is 6.58. The summed E-state index contributed by atoms with van der Waals surface area (Å²) in [5.41, 5.74) is 0. The number of amides is 2. The Morgan fingerprint density at radius 2 is 2.06 bits per heavy atom. The molecule has 0 aromatic carbocycles. The molecule has 6 heteroatoms. The number of hydrogen-bond donors (Lipinski definition) is 3. The molecule has 0 aromatic heterocycles. The van der Waals surface area contributed by atoms with Crippen LogP contribution in [0.3, 0.4) is 0 Å². The van der Waals surface area contributed by atoms with Crippen molar-refractivity contribution >= 4 is 12.0 Å². The van der Waals surface area contributed by atoms with Gasteiger partial charge < -0.3 is 20.5 Å². The predicted octanol–water partition coefficient (Wildman–Crippen LogP) is 0.962. The first-order valence-electron chi connectivity index (χ1n) is 6.31. The van der Waals surface area contributed by atoms with Crippen LogP contribution in [0.1, 0.15) is 33.6 Å². The van der Waals surface area contributed by atoms with Crippen LogP contribution in [0, 0.1) is 5.92 Å². The van der Waals surface area contributed by atoms with Crippen LogP contribution in [-0.4, -0.2) is 41.9 Å². The van der Waals surface area contributed by atoms with Crippen molar-refractivity contribution in [3.8, 4) is 0 Å². The molecule has 1 aliphatic heterocycles. The fraction of sp³-hybridized carbons (Fsp3) is 0.833. The summed E-state index contributed by atoms with van der Waals surface area (Å²) in [5, 5.41) is 14.3. The monoisotopic (exact) mass is 258 g/mol. The van der Waals surface area contributed by atoms with Gasteiger partial charge in [0.2, 0.25) is 0 Å². The fourth-order valence-corrected chi connectivity index (χ4v) is 2.01. The zero-order chi connectivity index (χ0) is 13.7. The number of rotatable bonds is 4. The zero-order valence-electron chi connectivity index (χ0n) is 11.1. The van der Waals surface area contributed by atoms with Gasteiger partial charge in [-0.05, 0) is 25.7 Å². The second-order valence-corrected chi connectivity index (χ2v) is 5.08. The lowest BCUT2D eigenvalue weighted by atomic mass is 10.0. The Kier molecular flexibility index (Phi) is 5.40. The molecule has 0 radical (unpaired) electrons. The minimum absolute atomic E-state index is 0.0513. The van der Waals surface area contributed by atoms with Crippen molar-refractivity contribution in [1.82, 2.24) is 10.6 Å². The average molecular weight is 258 g/mol. The molecule has 6 nitrogen and oxygen atoms in total. The molecule has 1 rings (SSSR count). The van der Waals surface area contributed by atoms with Crippen molar-refractivity contribution in [3.05, 3.63) is 0 Å². The lowest BCUT2D eigenvalue weighted by molar-refractivity contribution is -0.140. The molecule has 2 amide bonds. The summed E-state index contributed by atoms with van der Waals surface area (Å²) in [6, 6.07) is -1.23. The third-order valence-corrected chi connectivity index (χ3v) is 3.04. The Bertz CT molecular complexity index is 306. The molecule has 1 aliphatic rings. The Morgan fingerprint density at radius 1 is 1.39 bits per heavy atom. The summed E-state index contributed by atoms with van der Waals surface area (Å²) in [7, 11) is 0. The van der Waals surface area contributed by atoms with E-state index in [1.54, 1.807) is 13.8 Å². The van der Waals surface area contributed by atoms with Crippen LogP contribution < -0.4 is 10.6 Å². The Hall–Kier alpha value is -1.30. The molecule has 3 N–H and O–H groups in total. The number of carboxylic acids is 1. The number of ether oxygens (including phenoxy) is 1. The van der Waals surface area contributed by atoms with Gasteiger partial charge in [-0.1, -0.05) is 13.8 Å². The van der Waals surface area contributed by atoms with Gasteiger partial charge in [0.1, 0.15) is 6.04 Å². The van der Waals surface area contributed by atoms with E-state index in [2.05, 4.69) is 10.6 Å². The molecule has 1 fully saturated rings. The minimum Gasteiger partial charge on any atom is -0.480 e. The molecule has 0 aromatic rings. The highest BCUT2D eigenvalue weighted by molar-refractivity contribution is 5.82. The first-order valence-corrected chi connectivity index (χ1v) is 6.31. The van der Waals surface area contributed by atoms with Gasteiger partial charge in [0, 0.05) is 12.6 Å². The molecule has 0 bridgehead atoms. The summed E-state index contributed by atoms with van der Waals surface area (Å²) in [6.45, 7) is 6.10. The highest BCUT2D eigenvalue weighted by Gasteiger charge is 2.26. The molecule has 2 unspecified atom stereocenters. The van der Waals surface area contributed by atoms with Crippen LogP contribution >= 0.6 is 0 Å². The number of nitrogens with one attached hydrogen (secondary N) is 2. The van der Waals surface area contributed by atoms with Gasteiger partial charge in [-0.15, -0.1) is 0 Å². The van der Waals surface area contributed by atoms with E-state index >= 15 is 0 Å². The topological polar surface area (TPSA) is 87.7 Å². The molecular formula is C12H22N2O4. The summed E-state index contributed by atoms with van der Waals surface area (Å²) < 4.78 is 5.38. The van der Waals surface area contributed by atoms with Crippen molar-refractivity contribution in [2.45, 2.75) is 51.8 Å². The van der Waals surface area contributed by atoms with Crippen LogP contribution in [0.5, 0.6) is 0 Å². The van der Waals surface area contributed by atoms with Crippen LogP contribution in [0.2, 0.25) is 0 Å². The SMILES string of the molecule is CC1CC(NC(=O)N[C@H](C(=O)O)C(C)C)CCO1. The van der Waals surface area contributed by atoms with Crippen molar-refractivity contribution < 1.29 is 19.4 Å². The maximum absolute atomic E-state index is 11.7. The Morgan fingerprint density at radius 3 is 2.56 bits per heavy atom. The zero-order valence-corrected chi connectivity index (χ0v) is 11.1. The fourth-order valence-electron chi connectivity index (χ4n) is 2.01. The lowest BCUT2D eigenvalue weighted by Crippen LogP contribution is -2.52. The van der Waals surface area contributed by atoms with Crippen molar-refractivity contribution in [1.29, 1.82) is 0 Å². The normalized spacial score (nSPS) is 25.6. The molecule has 0 aliphatic carbocycles. The largest absolute Gasteiger partial charge is 0.480 e. The van der Waals surface area contributed by atoms with Gasteiger partial charge in [-0.2, -0.15) is 0 Å². The predicted molar refractivity (Wildman–Crippen MR) is 66.4 cm³/mol. The summed E-state index contributed by atoms with van der Waals surface area (Å²) in [6.07, 6.45) is 1.65. The Balaban J connectivity index is 2.42. The average Bonchev–Trinajstić information content (AvgIpc) is 2.25. The van der Waals surface area contributed by atoms with E-state index in [1.807, 2.05) is 6.92 Å². The number of aliphatic carboxylic acids is 1. The third-order valence-electron chi connectivity index (χ3n) is 3.04. The van der Waals surface area contributed by atoms with E-state index in [0.29, 0.717) is 6.61 Å². The molecule has 0 spiro atoms. The molecule has 1 heterocycles. The van der Waals surface area contributed by atoms with E-state index in [4.69, 9.17) is 9.84 Å². The molecular weight excluding hydrogens is 236 g/mol. The van der Waals surface area contributed by atoms with E-state index in [-0.39, 0.29) is 18.1 Å². The van der Waals surface area contributed by atoms with Crippen LogP contribution in [0.4, 0.5) is 4.79 Å². The van der Waals surface area contributed by atoms with E-state index in [9.17, 15) is 9.59 Å². The van der Waals surface area contributed by atoms with Gasteiger partial charge in [-0.3, -0.25) is 0 Å². The van der Waals surface area contributed by atoms with Crippen molar-refractivity contribution in [3.63, 3.8) is 0 Å². The summed E-state index contributed by atoms with van der Waals surface area (Å²) in [5.74, 6) is -1.16. The quantitative estimate of drug-likeness (QED) is 0.701. The number of carboxylic acid groups (broad SMARTS) is 1. The highest BCUT2D eigenvalue weighted by Crippen LogP contribution is 2.13. The van der Waals surface area contributed by atoms with Gasteiger partial charge in [0.15, 0.2) is 0 Å². The lowest BCUT2D eigenvalue weighted by Gasteiger charge is -2.28. The van der Waals surface area contributed by atoms with E-state index in [1.165, 1.54) is 0 Å². The van der Waals surface area contributed by atoms with Crippen LogP contribution in [0.25, 0.3) is 0 Å². The van der Waals surface area contributed by atoms with Gasteiger partial charge in [-0.25, -0.2) is 9.59 Å². The third kappa shape index (κ3) is 4.52. The van der Waals surface area contributed by atoms with Crippen LogP contribution in [0.15, 0.2) is 0 Å². The van der Waals surface area contributed by atoms with Gasteiger partial charge in [0.25, 0.3) is 0 Å². The number of hydrogen-bond acceptors (Lipinski definition) is 3. The molecule has 18 heavy (non-hydrogen) atoms. The highest BCUT2D eigenvalue weighted by atomic mass is 16.5. The Labute approximate surface area is 107 Å². The first kappa shape index (κ1) is 14.8. The van der Waals surface area contributed by atoms with Crippen LogP contribution in [-0.2, 0) is 9.53 Å². The second-order valence-electron chi connectivity index (χ2n) is 5.08. The summed E-state index contributed by atoms with van der Waals surface area (Å²) >= 11 is 0. The van der Waals surface area contributed by atoms with Crippen molar-refractivity contribution in [2.75, 3.05) is 6.61 Å². The first-order chi connectivity index (χ1) is 8.40. The number of carbonyl (C=O) groups is 2. The maximum atomic E-state index is 11.7. The number of urea groups is 1. The van der Waals surface area contributed by atoms with E-state index < -0.39 is 18.0 Å². The maximum Gasteiger partial charge on any atom is 0.326 e. The standard InChI is InChI=1S/C12H22N2O4/c1-7(2)10(11(15)16)14-12(17)13-9-4-5-18-8(3)6-9/h7-10H,4-6H2,1-3H3,(H,15,16)(H2,13,14,17)/t8?,9?,10-/m0/s1. The van der Waals surface area contributed by atoms with Gasteiger partial charge >= 0.3 is 12.0 Å². The molecule has 104 valence electrons. The van der Waals surface area contributed by atoms with Crippen molar-refractivity contribution in [2.24, 2.45) is 5.92 Å². The molecule has 1 saturated heterocycles. The number of carbonyl (C=O) groups excluding carboxylic acids is 1. The summed E-state index contributed by atoms with van der Waals surface area (Å²) in [4.78, 5) is 22.7. The molecule has 3 atom stereocenters.